The Balaban J connectivity index is 1.92. The quantitative estimate of drug-likeness (QED) is 0.676. The average molecular weight is 380 g/mol. The number of primary amides is 1. The lowest BCUT2D eigenvalue weighted by molar-refractivity contribution is -0.118. The van der Waals surface area contributed by atoms with E-state index in [-0.39, 0.29) is 12.5 Å². The summed E-state index contributed by atoms with van der Waals surface area (Å²) in [6.45, 7) is 2.16. The summed E-state index contributed by atoms with van der Waals surface area (Å²) < 4.78 is 1.86. The number of benzene rings is 2. The molecule has 6 heteroatoms. The number of hydrogen-bond donors (Lipinski definition) is 2. The Hall–Kier alpha value is -3.05. The third-order valence-electron chi connectivity index (χ3n) is 4.78. The number of aryl methyl sites for hydroxylation is 1. The van der Waals surface area contributed by atoms with Gasteiger partial charge >= 0.3 is 0 Å². The summed E-state index contributed by atoms with van der Waals surface area (Å²) in [5.74, 6) is -0.578. The number of carbonyl (C=O) groups excluding carboxylic acids is 2. The molecule has 0 fully saturated rings. The lowest BCUT2D eigenvalue weighted by Crippen LogP contribution is -2.18. The average Bonchev–Trinajstić information content (AvgIpc) is 3.12. The first-order chi connectivity index (χ1) is 13.0. The summed E-state index contributed by atoms with van der Waals surface area (Å²) in [6, 6.07) is 11.4. The number of amides is 2. The van der Waals surface area contributed by atoms with Crippen molar-refractivity contribution in [1.29, 1.82) is 0 Å². The molecular formula is C21H18ClN3O2. The van der Waals surface area contributed by atoms with Gasteiger partial charge in [-0.3, -0.25) is 9.59 Å². The molecule has 4 rings (SSSR count). The van der Waals surface area contributed by atoms with Crippen LogP contribution in [0.3, 0.4) is 0 Å². The Bertz CT molecular complexity index is 1130. The van der Waals surface area contributed by atoms with Crippen molar-refractivity contribution >= 4 is 51.7 Å². The van der Waals surface area contributed by atoms with Crippen LogP contribution in [-0.2, 0) is 22.6 Å². The Morgan fingerprint density at radius 1 is 1.30 bits per heavy atom. The molecule has 27 heavy (non-hydrogen) atoms. The molecule has 3 aromatic rings. The Labute approximate surface area is 161 Å². The summed E-state index contributed by atoms with van der Waals surface area (Å²) in [5.41, 5.74) is 10.5. The van der Waals surface area contributed by atoms with E-state index < -0.39 is 5.91 Å². The van der Waals surface area contributed by atoms with Crippen LogP contribution in [-0.4, -0.2) is 16.4 Å². The zero-order chi connectivity index (χ0) is 19.1. The lowest BCUT2D eigenvalue weighted by atomic mass is 10.0. The molecule has 1 aliphatic rings. The van der Waals surface area contributed by atoms with E-state index in [9.17, 15) is 9.59 Å². The van der Waals surface area contributed by atoms with Crippen molar-refractivity contribution in [3.8, 4) is 0 Å². The maximum Gasteiger partial charge on any atom is 0.256 e. The zero-order valence-electron chi connectivity index (χ0n) is 14.8. The molecular weight excluding hydrogens is 362 g/mol. The molecule has 0 spiro atoms. The van der Waals surface area contributed by atoms with Crippen molar-refractivity contribution in [3.63, 3.8) is 0 Å². The highest BCUT2D eigenvalue weighted by atomic mass is 35.5. The van der Waals surface area contributed by atoms with Gasteiger partial charge in [0.05, 0.1) is 11.2 Å². The first-order valence-corrected chi connectivity index (χ1v) is 9.07. The summed E-state index contributed by atoms with van der Waals surface area (Å²) in [5, 5.41) is 4.40. The molecule has 136 valence electrons. The van der Waals surface area contributed by atoms with Crippen molar-refractivity contribution in [2.75, 3.05) is 5.32 Å². The third-order valence-corrected chi connectivity index (χ3v) is 5.02. The number of nitrogens with zero attached hydrogens (tertiary/aromatic N) is 1. The predicted octanol–water partition coefficient (Wildman–Crippen LogP) is 3.84. The van der Waals surface area contributed by atoms with Crippen molar-refractivity contribution in [2.24, 2.45) is 5.73 Å². The number of fused-ring (bicyclic) bond motifs is 2. The van der Waals surface area contributed by atoms with Gasteiger partial charge in [0.2, 0.25) is 5.91 Å². The number of anilines is 1. The highest BCUT2D eigenvalue weighted by Crippen LogP contribution is 2.36. The molecule has 1 aromatic heterocycles. The van der Waals surface area contributed by atoms with Gasteiger partial charge in [-0.15, -0.1) is 0 Å². The fourth-order valence-corrected chi connectivity index (χ4v) is 3.80. The molecule has 0 radical (unpaired) electrons. The number of hydrogen-bond acceptors (Lipinski definition) is 2. The van der Waals surface area contributed by atoms with Crippen LogP contribution in [0, 0.1) is 0 Å². The number of aromatic nitrogens is 1. The molecule has 2 amide bonds. The van der Waals surface area contributed by atoms with Gasteiger partial charge in [-0.05, 0) is 30.2 Å². The van der Waals surface area contributed by atoms with Crippen molar-refractivity contribution in [1.82, 2.24) is 4.57 Å². The molecule has 2 aromatic carbocycles. The molecule has 5 nitrogen and oxygen atoms in total. The van der Waals surface area contributed by atoms with Gasteiger partial charge in [-0.25, -0.2) is 0 Å². The number of nitrogens with one attached hydrogen (secondary N) is 1. The molecule has 3 N–H and O–H groups in total. The van der Waals surface area contributed by atoms with Gasteiger partial charge in [0, 0.05) is 33.3 Å². The van der Waals surface area contributed by atoms with Crippen molar-refractivity contribution < 1.29 is 9.59 Å². The highest BCUT2D eigenvalue weighted by Gasteiger charge is 2.25. The number of nitrogens with two attached hydrogens (primary N) is 1. The number of carbonyl (C=O) groups is 2. The smallest absolute Gasteiger partial charge is 0.256 e. The van der Waals surface area contributed by atoms with Gasteiger partial charge < -0.3 is 15.6 Å². The Kier molecular flexibility index (Phi) is 4.24. The van der Waals surface area contributed by atoms with Crippen LogP contribution in [0.4, 0.5) is 5.69 Å². The maximum atomic E-state index is 12.5. The second-order valence-electron chi connectivity index (χ2n) is 6.55. The predicted molar refractivity (Wildman–Crippen MR) is 108 cm³/mol. The van der Waals surface area contributed by atoms with Crippen LogP contribution in [0.2, 0.25) is 5.02 Å². The monoisotopic (exact) mass is 379 g/mol. The third kappa shape index (κ3) is 3.00. The standard InChI is InChI=1S/C21H18ClN3O2/c1-2-12-4-3-5-15-13(10-25(20(12)15)11-19(23)26)8-17-16-7-6-14(22)9-18(16)24-21(17)27/h3-10H,2,11H2,1H3,(H2,23,26)(H,24,27)/b17-8+. The second-order valence-corrected chi connectivity index (χ2v) is 6.98. The van der Waals surface area contributed by atoms with Crippen LogP contribution in [0.5, 0.6) is 0 Å². The molecule has 0 saturated heterocycles. The zero-order valence-corrected chi connectivity index (χ0v) is 15.5. The topological polar surface area (TPSA) is 77.1 Å². The molecule has 0 aliphatic carbocycles. The van der Waals surface area contributed by atoms with E-state index in [1.165, 1.54) is 0 Å². The summed E-state index contributed by atoms with van der Waals surface area (Å²) in [7, 11) is 0. The number of rotatable bonds is 4. The first kappa shape index (κ1) is 17.4. The van der Waals surface area contributed by atoms with Crippen molar-refractivity contribution in [3.05, 3.63) is 64.3 Å². The fourth-order valence-electron chi connectivity index (χ4n) is 3.62. The minimum atomic E-state index is -0.407. The van der Waals surface area contributed by atoms with Crippen LogP contribution in [0.1, 0.15) is 23.6 Å². The van der Waals surface area contributed by atoms with Crippen LogP contribution >= 0.6 is 11.6 Å². The summed E-state index contributed by atoms with van der Waals surface area (Å²) in [6.07, 6.45) is 4.56. The SMILES string of the molecule is CCc1cccc2c(/C=C3/C(=O)Nc4cc(Cl)ccc43)cn(CC(N)=O)c12. The summed E-state index contributed by atoms with van der Waals surface area (Å²) >= 11 is 6.02. The lowest BCUT2D eigenvalue weighted by Gasteiger charge is -2.06. The van der Waals surface area contributed by atoms with Crippen LogP contribution in [0.15, 0.2) is 42.6 Å². The second kappa shape index (κ2) is 6.59. The normalized spacial score (nSPS) is 14.6. The Morgan fingerprint density at radius 2 is 2.11 bits per heavy atom. The van der Waals surface area contributed by atoms with E-state index in [2.05, 4.69) is 12.2 Å². The van der Waals surface area contributed by atoms with Gasteiger partial charge in [0.25, 0.3) is 5.91 Å². The molecule has 0 saturated carbocycles. The highest BCUT2D eigenvalue weighted by molar-refractivity contribution is 6.37. The van der Waals surface area contributed by atoms with Gasteiger partial charge in [-0.1, -0.05) is 42.8 Å². The largest absolute Gasteiger partial charge is 0.368 e. The van der Waals surface area contributed by atoms with Gasteiger partial charge in [0.1, 0.15) is 6.54 Å². The van der Waals surface area contributed by atoms with E-state index in [0.717, 1.165) is 34.0 Å². The minimum absolute atomic E-state index is 0.0923. The number of para-hydroxylation sites is 1. The van der Waals surface area contributed by atoms with E-state index >= 15 is 0 Å². The van der Waals surface area contributed by atoms with Crippen LogP contribution < -0.4 is 11.1 Å². The fraction of sp³-hybridized carbons (Fsp3) is 0.143. The van der Waals surface area contributed by atoms with E-state index in [0.29, 0.717) is 16.3 Å². The van der Waals surface area contributed by atoms with Gasteiger partial charge in [0.15, 0.2) is 0 Å². The molecule has 0 bridgehead atoms. The summed E-state index contributed by atoms with van der Waals surface area (Å²) in [4.78, 5) is 24.0. The van der Waals surface area contributed by atoms with Crippen LogP contribution in [0.25, 0.3) is 22.6 Å². The minimum Gasteiger partial charge on any atom is -0.368 e. The molecule has 0 atom stereocenters. The van der Waals surface area contributed by atoms with E-state index in [1.54, 1.807) is 12.1 Å². The first-order valence-electron chi connectivity index (χ1n) is 8.70. The molecule has 1 aliphatic heterocycles. The van der Waals surface area contributed by atoms with E-state index in [4.69, 9.17) is 17.3 Å². The maximum absolute atomic E-state index is 12.5. The van der Waals surface area contributed by atoms with E-state index in [1.807, 2.05) is 41.1 Å². The van der Waals surface area contributed by atoms with Crippen molar-refractivity contribution in [2.45, 2.75) is 19.9 Å². The number of halogens is 1. The molecule has 0 unspecified atom stereocenters. The molecule has 2 heterocycles. The Morgan fingerprint density at radius 3 is 2.85 bits per heavy atom. The van der Waals surface area contributed by atoms with Gasteiger partial charge in [-0.2, -0.15) is 0 Å².